The largest absolute Gasteiger partial charge is 0.478 e. The molecule has 0 bridgehead atoms. The fourth-order valence-corrected chi connectivity index (χ4v) is 1.91. The van der Waals surface area contributed by atoms with E-state index in [1.165, 1.54) is 18.5 Å². The molecule has 2 amide bonds. The molecule has 2 heterocycles. The zero-order chi connectivity index (χ0) is 13.8. The van der Waals surface area contributed by atoms with Gasteiger partial charge in [0.15, 0.2) is 0 Å². The van der Waals surface area contributed by atoms with Crippen LogP contribution in [-0.4, -0.2) is 40.1 Å². The van der Waals surface area contributed by atoms with Crippen molar-refractivity contribution in [3.05, 3.63) is 35.7 Å². The summed E-state index contributed by atoms with van der Waals surface area (Å²) in [6.45, 7) is 3.24. The number of carbonyl (C=O) groups excluding carboxylic acids is 1. The molecule has 6 nitrogen and oxygen atoms in total. The van der Waals surface area contributed by atoms with E-state index in [-0.39, 0.29) is 11.6 Å². The van der Waals surface area contributed by atoms with Gasteiger partial charge in [-0.1, -0.05) is 11.6 Å². The smallest absolute Gasteiger partial charge is 0.337 e. The van der Waals surface area contributed by atoms with E-state index in [1.54, 1.807) is 4.90 Å². The molecule has 2 N–H and O–H groups in total. The Kier molecular flexibility index (Phi) is 3.79. The number of hydrogen-bond acceptors (Lipinski definition) is 3. The molecule has 0 fully saturated rings. The highest BCUT2D eigenvalue weighted by molar-refractivity contribution is 5.92. The molecule has 6 heteroatoms. The first-order chi connectivity index (χ1) is 9.06. The Balaban J connectivity index is 2.04. The van der Waals surface area contributed by atoms with Crippen molar-refractivity contribution in [2.45, 2.75) is 13.3 Å². The average molecular weight is 261 g/mol. The minimum absolute atomic E-state index is 0.0486. The number of nitrogens with one attached hydrogen (secondary N) is 1. The third-order valence-electron chi connectivity index (χ3n) is 2.86. The van der Waals surface area contributed by atoms with Crippen molar-refractivity contribution in [1.29, 1.82) is 0 Å². The predicted molar refractivity (Wildman–Crippen MR) is 70.2 cm³/mol. The molecule has 19 heavy (non-hydrogen) atoms. The first-order valence-corrected chi connectivity index (χ1v) is 5.96. The lowest BCUT2D eigenvalue weighted by Crippen LogP contribution is -2.38. The summed E-state index contributed by atoms with van der Waals surface area (Å²) >= 11 is 0. The Labute approximate surface area is 110 Å². The van der Waals surface area contributed by atoms with E-state index in [4.69, 9.17) is 5.11 Å². The van der Waals surface area contributed by atoms with Gasteiger partial charge in [-0.25, -0.2) is 9.59 Å². The van der Waals surface area contributed by atoms with Gasteiger partial charge in [-0.05, 0) is 19.4 Å². The van der Waals surface area contributed by atoms with Gasteiger partial charge in [0, 0.05) is 19.3 Å². The van der Waals surface area contributed by atoms with Gasteiger partial charge < -0.3 is 15.3 Å². The minimum Gasteiger partial charge on any atom is -0.478 e. The van der Waals surface area contributed by atoms with Crippen molar-refractivity contribution in [1.82, 2.24) is 9.88 Å². The molecular weight excluding hydrogens is 246 g/mol. The molecule has 0 saturated heterocycles. The number of carboxylic acids is 1. The van der Waals surface area contributed by atoms with Crippen molar-refractivity contribution < 1.29 is 14.7 Å². The quantitative estimate of drug-likeness (QED) is 0.797. The van der Waals surface area contributed by atoms with E-state index in [1.807, 2.05) is 6.92 Å². The number of aromatic nitrogens is 1. The van der Waals surface area contributed by atoms with Crippen LogP contribution in [0.1, 0.15) is 23.7 Å². The van der Waals surface area contributed by atoms with Crippen LogP contribution in [0.2, 0.25) is 0 Å². The van der Waals surface area contributed by atoms with Gasteiger partial charge in [-0.2, -0.15) is 0 Å². The number of hydrogen-bond donors (Lipinski definition) is 2. The summed E-state index contributed by atoms with van der Waals surface area (Å²) < 4.78 is 0. The molecule has 1 aromatic heterocycles. The standard InChI is InChI=1S/C13H15N3O3/c1-9-3-2-4-16(8-9)13(19)15-11-5-10(12(17)18)6-14-7-11/h3,5-7H,2,4,8H2,1H3,(H,15,19)(H,17,18). The number of rotatable bonds is 2. The molecule has 1 aromatic rings. The van der Waals surface area contributed by atoms with Crippen molar-refractivity contribution in [3.63, 3.8) is 0 Å². The Morgan fingerprint density at radius 1 is 1.42 bits per heavy atom. The van der Waals surface area contributed by atoms with Crippen LogP contribution in [0, 0.1) is 0 Å². The minimum atomic E-state index is -1.07. The molecule has 1 aliphatic heterocycles. The third kappa shape index (κ3) is 3.31. The maximum atomic E-state index is 12.0. The van der Waals surface area contributed by atoms with Gasteiger partial charge >= 0.3 is 12.0 Å². The second-order valence-electron chi connectivity index (χ2n) is 4.46. The van der Waals surface area contributed by atoms with Crippen LogP contribution in [0.25, 0.3) is 0 Å². The zero-order valence-corrected chi connectivity index (χ0v) is 10.6. The summed E-state index contributed by atoms with van der Waals surface area (Å²) in [5.74, 6) is -1.07. The van der Waals surface area contributed by atoms with Crippen LogP contribution in [0.4, 0.5) is 10.5 Å². The Morgan fingerprint density at radius 3 is 2.89 bits per heavy atom. The number of carbonyl (C=O) groups is 2. The van der Waals surface area contributed by atoms with E-state index < -0.39 is 5.97 Å². The normalized spacial score (nSPS) is 14.8. The van der Waals surface area contributed by atoms with E-state index >= 15 is 0 Å². The lowest BCUT2D eigenvalue weighted by atomic mass is 10.1. The fourth-order valence-electron chi connectivity index (χ4n) is 1.91. The van der Waals surface area contributed by atoms with Crippen LogP contribution < -0.4 is 5.32 Å². The Hall–Kier alpha value is -2.37. The van der Waals surface area contributed by atoms with Gasteiger partial charge in [-0.15, -0.1) is 0 Å². The fraction of sp³-hybridized carbons (Fsp3) is 0.308. The molecule has 1 aliphatic rings. The molecule has 0 unspecified atom stereocenters. The van der Waals surface area contributed by atoms with Crippen LogP contribution in [0.15, 0.2) is 30.1 Å². The predicted octanol–water partition coefficient (Wildman–Crippen LogP) is 1.96. The monoisotopic (exact) mass is 261 g/mol. The molecule has 0 saturated carbocycles. The lowest BCUT2D eigenvalue weighted by molar-refractivity contribution is 0.0696. The van der Waals surface area contributed by atoms with Gasteiger partial charge in [0.25, 0.3) is 0 Å². The van der Waals surface area contributed by atoms with Gasteiger partial charge in [0.1, 0.15) is 0 Å². The molecular formula is C13H15N3O3. The number of urea groups is 1. The van der Waals surface area contributed by atoms with E-state index in [9.17, 15) is 9.59 Å². The van der Waals surface area contributed by atoms with Gasteiger partial charge in [0.05, 0.1) is 17.4 Å². The summed E-state index contributed by atoms with van der Waals surface area (Å²) in [4.78, 5) is 28.3. The van der Waals surface area contributed by atoms with Crippen LogP contribution in [0.3, 0.4) is 0 Å². The van der Waals surface area contributed by atoms with Crippen LogP contribution in [0.5, 0.6) is 0 Å². The Morgan fingerprint density at radius 2 is 2.21 bits per heavy atom. The highest BCUT2D eigenvalue weighted by Gasteiger charge is 2.16. The highest BCUT2D eigenvalue weighted by Crippen LogP contribution is 2.13. The van der Waals surface area contributed by atoms with Crippen LogP contribution in [-0.2, 0) is 0 Å². The number of nitrogens with zero attached hydrogens (tertiary/aromatic N) is 2. The zero-order valence-electron chi connectivity index (χ0n) is 10.6. The topological polar surface area (TPSA) is 82.5 Å². The number of pyridine rings is 1. The van der Waals surface area contributed by atoms with E-state index in [0.717, 1.165) is 12.0 Å². The van der Waals surface area contributed by atoms with Crippen molar-refractivity contribution in [2.75, 3.05) is 18.4 Å². The maximum Gasteiger partial charge on any atom is 0.337 e. The molecule has 100 valence electrons. The van der Waals surface area contributed by atoms with E-state index in [2.05, 4.69) is 16.4 Å². The van der Waals surface area contributed by atoms with Gasteiger partial charge in [-0.3, -0.25) is 4.98 Å². The SMILES string of the molecule is CC1=CCCN(C(=O)Nc2cncc(C(=O)O)c2)C1. The molecule has 0 aromatic carbocycles. The summed E-state index contributed by atoms with van der Waals surface area (Å²) in [5.41, 5.74) is 1.59. The number of amides is 2. The first kappa shape index (κ1) is 13.1. The van der Waals surface area contributed by atoms with Crippen molar-refractivity contribution in [2.24, 2.45) is 0 Å². The first-order valence-electron chi connectivity index (χ1n) is 5.96. The number of anilines is 1. The van der Waals surface area contributed by atoms with Crippen molar-refractivity contribution in [3.8, 4) is 0 Å². The molecule has 0 spiro atoms. The van der Waals surface area contributed by atoms with E-state index in [0.29, 0.717) is 18.8 Å². The molecule has 0 atom stereocenters. The average Bonchev–Trinajstić information content (AvgIpc) is 2.39. The van der Waals surface area contributed by atoms with Crippen LogP contribution >= 0.6 is 0 Å². The summed E-state index contributed by atoms with van der Waals surface area (Å²) in [5, 5.41) is 11.5. The second kappa shape index (κ2) is 5.51. The highest BCUT2D eigenvalue weighted by atomic mass is 16.4. The molecule has 2 rings (SSSR count). The summed E-state index contributed by atoms with van der Waals surface area (Å²) in [7, 11) is 0. The number of carboxylic acid groups (broad SMARTS) is 1. The van der Waals surface area contributed by atoms with Crippen molar-refractivity contribution >= 4 is 17.7 Å². The molecule has 0 radical (unpaired) electrons. The number of aromatic carboxylic acids is 1. The van der Waals surface area contributed by atoms with Gasteiger partial charge in [0.2, 0.25) is 0 Å². The molecule has 0 aliphatic carbocycles. The second-order valence-corrected chi connectivity index (χ2v) is 4.46. The lowest BCUT2D eigenvalue weighted by Gasteiger charge is -2.26. The summed E-state index contributed by atoms with van der Waals surface area (Å²) in [6.07, 6.45) is 5.62. The Bertz CT molecular complexity index is 540. The maximum absolute atomic E-state index is 12.0. The summed E-state index contributed by atoms with van der Waals surface area (Å²) in [6, 6.07) is 1.15. The third-order valence-corrected chi connectivity index (χ3v) is 2.86.